The zero-order valence-corrected chi connectivity index (χ0v) is 16.3. The Hall–Kier alpha value is -1.97. The van der Waals surface area contributed by atoms with Gasteiger partial charge in [0.1, 0.15) is 5.75 Å². The molecule has 7 nitrogen and oxygen atoms in total. The van der Waals surface area contributed by atoms with Crippen molar-refractivity contribution in [3.8, 4) is 5.75 Å². The number of sulfonamides is 1. The predicted molar refractivity (Wildman–Crippen MR) is 100.0 cm³/mol. The molecule has 0 bridgehead atoms. The Morgan fingerprint density at radius 2 is 2.08 bits per heavy atom. The number of benzene rings is 1. The largest absolute Gasteiger partial charge is 0.497 e. The first-order chi connectivity index (χ1) is 12.4. The number of aromatic nitrogens is 1. The van der Waals surface area contributed by atoms with E-state index in [0.29, 0.717) is 30.3 Å². The maximum atomic E-state index is 12.9. The highest BCUT2D eigenvalue weighted by Crippen LogP contribution is 2.26. The molecule has 0 aliphatic carbocycles. The Morgan fingerprint density at radius 1 is 1.35 bits per heavy atom. The summed E-state index contributed by atoms with van der Waals surface area (Å²) in [4.78, 5) is 16.9. The van der Waals surface area contributed by atoms with E-state index >= 15 is 0 Å². The lowest BCUT2D eigenvalue weighted by molar-refractivity contribution is -0.120. The summed E-state index contributed by atoms with van der Waals surface area (Å²) in [7, 11) is -2.11. The van der Waals surface area contributed by atoms with Gasteiger partial charge in [0.15, 0.2) is 5.13 Å². The van der Waals surface area contributed by atoms with Gasteiger partial charge in [0.2, 0.25) is 15.9 Å². The zero-order chi connectivity index (χ0) is 18.7. The van der Waals surface area contributed by atoms with E-state index in [4.69, 9.17) is 4.74 Å². The molecule has 1 atom stereocenters. The summed E-state index contributed by atoms with van der Waals surface area (Å²) >= 11 is 1.36. The van der Waals surface area contributed by atoms with Crippen LogP contribution in [0.25, 0.3) is 0 Å². The third-order valence-electron chi connectivity index (χ3n) is 4.30. The van der Waals surface area contributed by atoms with Crippen molar-refractivity contribution in [2.24, 2.45) is 5.92 Å². The lowest BCUT2D eigenvalue weighted by Gasteiger charge is -2.31. The Labute approximate surface area is 157 Å². The van der Waals surface area contributed by atoms with E-state index in [1.54, 1.807) is 12.1 Å². The standard InChI is InChI=1S/C17H21N3O4S2/c1-12-11-25-17(18-12)19-16(21)13-4-3-9-20(10-13)26(22,23)15-7-5-14(24-2)6-8-15/h5-8,11,13H,3-4,9-10H2,1-2H3,(H,18,19,21). The van der Waals surface area contributed by atoms with Gasteiger partial charge in [-0.2, -0.15) is 4.31 Å². The molecule has 3 rings (SSSR count). The van der Waals surface area contributed by atoms with Gasteiger partial charge in [-0.1, -0.05) is 0 Å². The van der Waals surface area contributed by atoms with Crippen molar-refractivity contribution in [2.75, 3.05) is 25.5 Å². The van der Waals surface area contributed by atoms with E-state index in [1.165, 1.54) is 34.9 Å². The molecule has 0 saturated carbocycles. The van der Waals surface area contributed by atoms with Crippen LogP contribution in [0.2, 0.25) is 0 Å². The van der Waals surface area contributed by atoms with Crippen LogP contribution in [0.5, 0.6) is 5.75 Å². The molecule has 1 amide bonds. The number of carbonyl (C=O) groups is 1. The molecule has 1 aliphatic heterocycles. The fourth-order valence-electron chi connectivity index (χ4n) is 2.89. The molecule has 2 aromatic rings. The average molecular weight is 396 g/mol. The molecule has 1 unspecified atom stereocenters. The Morgan fingerprint density at radius 3 is 2.69 bits per heavy atom. The number of ether oxygens (including phenoxy) is 1. The van der Waals surface area contributed by atoms with Crippen molar-refractivity contribution in [1.82, 2.24) is 9.29 Å². The van der Waals surface area contributed by atoms with E-state index in [9.17, 15) is 13.2 Å². The number of methoxy groups -OCH3 is 1. The quantitative estimate of drug-likeness (QED) is 0.840. The van der Waals surface area contributed by atoms with Crippen LogP contribution in [0, 0.1) is 12.8 Å². The van der Waals surface area contributed by atoms with Crippen LogP contribution >= 0.6 is 11.3 Å². The summed E-state index contributed by atoms with van der Waals surface area (Å²) < 4.78 is 32.2. The Bertz CT molecular complexity index is 878. The molecule has 1 aromatic heterocycles. The van der Waals surface area contributed by atoms with Gasteiger partial charge in [0.05, 0.1) is 23.6 Å². The number of aryl methyl sites for hydroxylation is 1. The number of anilines is 1. The molecule has 26 heavy (non-hydrogen) atoms. The predicted octanol–water partition coefficient (Wildman–Crippen LogP) is 2.50. The summed E-state index contributed by atoms with van der Waals surface area (Å²) in [6.45, 7) is 2.44. The number of hydrogen-bond acceptors (Lipinski definition) is 6. The number of rotatable bonds is 5. The number of nitrogens with zero attached hydrogens (tertiary/aromatic N) is 2. The van der Waals surface area contributed by atoms with Crippen molar-refractivity contribution < 1.29 is 17.9 Å². The summed E-state index contributed by atoms with van der Waals surface area (Å²) in [6, 6.07) is 6.28. The monoisotopic (exact) mass is 395 g/mol. The van der Waals surface area contributed by atoms with E-state index < -0.39 is 10.0 Å². The summed E-state index contributed by atoms with van der Waals surface area (Å²) in [5, 5.41) is 5.19. The third-order valence-corrected chi connectivity index (χ3v) is 7.06. The maximum Gasteiger partial charge on any atom is 0.243 e. The number of nitrogens with one attached hydrogen (secondary N) is 1. The number of piperidine rings is 1. The van der Waals surface area contributed by atoms with Crippen LogP contribution in [0.3, 0.4) is 0 Å². The maximum absolute atomic E-state index is 12.9. The normalized spacial score (nSPS) is 18.5. The SMILES string of the molecule is COc1ccc(S(=O)(=O)N2CCCC(C(=O)Nc3nc(C)cs3)C2)cc1. The van der Waals surface area contributed by atoms with Crippen LogP contribution in [0.15, 0.2) is 34.5 Å². The van der Waals surface area contributed by atoms with Crippen molar-refractivity contribution in [2.45, 2.75) is 24.7 Å². The van der Waals surface area contributed by atoms with Gasteiger partial charge in [-0.15, -0.1) is 11.3 Å². The fraction of sp³-hybridized carbons (Fsp3) is 0.412. The van der Waals surface area contributed by atoms with Crippen molar-refractivity contribution >= 4 is 32.4 Å². The van der Waals surface area contributed by atoms with Gasteiger partial charge in [-0.05, 0) is 44.0 Å². The average Bonchev–Trinajstić information content (AvgIpc) is 3.06. The highest BCUT2D eigenvalue weighted by molar-refractivity contribution is 7.89. The molecule has 0 radical (unpaired) electrons. The van der Waals surface area contributed by atoms with Gasteiger partial charge in [-0.25, -0.2) is 13.4 Å². The van der Waals surface area contributed by atoms with Gasteiger partial charge in [-0.3, -0.25) is 4.79 Å². The van der Waals surface area contributed by atoms with Crippen molar-refractivity contribution in [1.29, 1.82) is 0 Å². The first-order valence-corrected chi connectivity index (χ1v) is 10.6. The second kappa shape index (κ2) is 7.73. The fourth-order valence-corrected chi connectivity index (χ4v) is 5.11. The topological polar surface area (TPSA) is 88.6 Å². The van der Waals surface area contributed by atoms with Gasteiger partial charge >= 0.3 is 0 Å². The molecular weight excluding hydrogens is 374 g/mol. The highest BCUT2D eigenvalue weighted by Gasteiger charge is 2.33. The summed E-state index contributed by atoms with van der Waals surface area (Å²) in [5.41, 5.74) is 0.845. The van der Waals surface area contributed by atoms with Crippen LogP contribution < -0.4 is 10.1 Å². The molecule has 1 N–H and O–H groups in total. The number of carbonyl (C=O) groups excluding carboxylic acids is 1. The first-order valence-electron chi connectivity index (χ1n) is 8.27. The minimum Gasteiger partial charge on any atom is -0.497 e. The number of thiazole rings is 1. The van der Waals surface area contributed by atoms with E-state index in [-0.39, 0.29) is 23.3 Å². The van der Waals surface area contributed by atoms with E-state index in [1.807, 2.05) is 12.3 Å². The number of hydrogen-bond donors (Lipinski definition) is 1. The Kier molecular flexibility index (Phi) is 5.59. The molecule has 9 heteroatoms. The summed E-state index contributed by atoms with van der Waals surface area (Å²) in [5.74, 6) is 0.0218. The smallest absolute Gasteiger partial charge is 0.243 e. The lowest BCUT2D eigenvalue weighted by atomic mass is 9.99. The molecular formula is C17H21N3O4S2. The molecule has 1 aliphatic rings. The van der Waals surface area contributed by atoms with E-state index in [0.717, 1.165) is 5.69 Å². The van der Waals surface area contributed by atoms with Crippen LogP contribution in [-0.4, -0.2) is 43.8 Å². The second-order valence-corrected chi connectivity index (χ2v) is 8.96. The first kappa shape index (κ1) is 18.8. The van der Waals surface area contributed by atoms with Crippen LogP contribution in [0.1, 0.15) is 18.5 Å². The van der Waals surface area contributed by atoms with E-state index in [2.05, 4.69) is 10.3 Å². The molecule has 140 valence electrons. The number of amides is 1. The van der Waals surface area contributed by atoms with Crippen molar-refractivity contribution in [3.63, 3.8) is 0 Å². The van der Waals surface area contributed by atoms with Crippen LogP contribution in [-0.2, 0) is 14.8 Å². The molecule has 1 aromatic carbocycles. The van der Waals surface area contributed by atoms with Gasteiger partial charge in [0.25, 0.3) is 0 Å². The van der Waals surface area contributed by atoms with Gasteiger partial charge < -0.3 is 10.1 Å². The third kappa shape index (κ3) is 4.05. The zero-order valence-electron chi connectivity index (χ0n) is 14.6. The van der Waals surface area contributed by atoms with Gasteiger partial charge in [0, 0.05) is 18.5 Å². The Balaban J connectivity index is 1.71. The molecule has 0 spiro atoms. The van der Waals surface area contributed by atoms with Crippen LogP contribution in [0.4, 0.5) is 5.13 Å². The highest BCUT2D eigenvalue weighted by atomic mass is 32.2. The minimum absolute atomic E-state index is 0.171. The second-order valence-electron chi connectivity index (χ2n) is 6.16. The summed E-state index contributed by atoms with van der Waals surface area (Å²) in [6.07, 6.45) is 1.30. The minimum atomic E-state index is -3.64. The molecule has 1 saturated heterocycles. The lowest BCUT2D eigenvalue weighted by Crippen LogP contribution is -2.43. The molecule has 2 heterocycles. The molecule has 1 fully saturated rings. The van der Waals surface area contributed by atoms with Crippen molar-refractivity contribution in [3.05, 3.63) is 35.3 Å².